The van der Waals surface area contributed by atoms with Gasteiger partial charge in [0.2, 0.25) is 0 Å². The van der Waals surface area contributed by atoms with E-state index < -0.39 is 0 Å². The van der Waals surface area contributed by atoms with Crippen molar-refractivity contribution in [3.05, 3.63) is 29.6 Å². The molecule has 82 valence electrons. The number of nitrogens with one attached hydrogen (secondary N) is 1. The van der Waals surface area contributed by atoms with E-state index in [4.69, 9.17) is 4.74 Å². The average Bonchev–Trinajstić information content (AvgIpc) is 2.61. The van der Waals surface area contributed by atoms with Gasteiger partial charge in [-0.05, 0) is 32.4 Å². The standard InChI is InChI=1S/C12H18N2O/c1-9-4-3-5-11(14-9)8-13-12-6-7-15-10(12)2/h3-5,10,12-13H,6-8H2,1-2H3. The molecule has 0 amide bonds. The van der Waals surface area contributed by atoms with Crippen molar-refractivity contribution in [1.29, 1.82) is 0 Å². The van der Waals surface area contributed by atoms with Crippen molar-refractivity contribution in [2.45, 2.75) is 39.0 Å². The van der Waals surface area contributed by atoms with Crippen LogP contribution in [0, 0.1) is 6.92 Å². The van der Waals surface area contributed by atoms with Crippen LogP contribution in [0.3, 0.4) is 0 Å². The van der Waals surface area contributed by atoms with Gasteiger partial charge in [0, 0.05) is 24.9 Å². The Morgan fingerprint density at radius 2 is 2.40 bits per heavy atom. The SMILES string of the molecule is Cc1cccc(CNC2CCOC2C)n1. The highest BCUT2D eigenvalue weighted by molar-refractivity contribution is 5.09. The first kappa shape index (κ1) is 10.6. The number of hydrogen-bond acceptors (Lipinski definition) is 3. The molecule has 1 aliphatic rings. The van der Waals surface area contributed by atoms with Gasteiger partial charge < -0.3 is 10.1 Å². The molecule has 1 aliphatic heterocycles. The molecule has 1 fully saturated rings. The van der Waals surface area contributed by atoms with Crippen molar-refractivity contribution in [3.63, 3.8) is 0 Å². The summed E-state index contributed by atoms with van der Waals surface area (Å²) in [4.78, 5) is 4.46. The Kier molecular flexibility index (Phi) is 3.34. The van der Waals surface area contributed by atoms with Crippen LogP contribution in [0.15, 0.2) is 18.2 Å². The Morgan fingerprint density at radius 1 is 1.53 bits per heavy atom. The summed E-state index contributed by atoms with van der Waals surface area (Å²) >= 11 is 0. The molecular formula is C12H18N2O. The number of nitrogens with zero attached hydrogens (tertiary/aromatic N) is 1. The molecule has 0 spiro atoms. The van der Waals surface area contributed by atoms with Gasteiger partial charge in [0.1, 0.15) is 0 Å². The Balaban J connectivity index is 1.87. The minimum Gasteiger partial charge on any atom is -0.377 e. The molecule has 0 aromatic carbocycles. The smallest absolute Gasteiger partial charge is 0.0700 e. The van der Waals surface area contributed by atoms with Gasteiger partial charge in [-0.1, -0.05) is 6.07 Å². The number of hydrogen-bond donors (Lipinski definition) is 1. The zero-order valence-electron chi connectivity index (χ0n) is 9.36. The van der Waals surface area contributed by atoms with E-state index in [0.717, 1.165) is 31.0 Å². The quantitative estimate of drug-likeness (QED) is 0.816. The van der Waals surface area contributed by atoms with Crippen LogP contribution in [0.4, 0.5) is 0 Å². The van der Waals surface area contributed by atoms with Crippen molar-refractivity contribution in [3.8, 4) is 0 Å². The minimum atomic E-state index is 0.329. The lowest BCUT2D eigenvalue weighted by Crippen LogP contribution is -2.34. The Labute approximate surface area is 90.9 Å². The Hall–Kier alpha value is -0.930. The van der Waals surface area contributed by atoms with E-state index in [1.54, 1.807) is 0 Å². The average molecular weight is 206 g/mol. The second-order valence-corrected chi connectivity index (χ2v) is 4.12. The highest BCUT2D eigenvalue weighted by Crippen LogP contribution is 2.13. The molecule has 1 saturated heterocycles. The molecule has 3 heteroatoms. The molecule has 0 radical (unpaired) electrons. The summed E-state index contributed by atoms with van der Waals surface area (Å²) in [5, 5.41) is 3.49. The summed E-state index contributed by atoms with van der Waals surface area (Å²) < 4.78 is 5.49. The van der Waals surface area contributed by atoms with Crippen LogP contribution in [-0.4, -0.2) is 23.7 Å². The second kappa shape index (κ2) is 4.73. The molecular weight excluding hydrogens is 188 g/mol. The number of aryl methyl sites for hydroxylation is 1. The predicted molar refractivity (Wildman–Crippen MR) is 59.6 cm³/mol. The molecule has 0 saturated carbocycles. The third-order valence-electron chi connectivity index (χ3n) is 2.87. The number of ether oxygens (including phenoxy) is 1. The van der Waals surface area contributed by atoms with Crippen molar-refractivity contribution in [2.75, 3.05) is 6.61 Å². The molecule has 1 N–H and O–H groups in total. The number of rotatable bonds is 3. The molecule has 15 heavy (non-hydrogen) atoms. The molecule has 1 aromatic heterocycles. The highest BCUT2D eigenvalue weighted by atomic mass is 16.5. The molecule has 3 nitrogen and oxygen atoms in total. The first-order chi connectivity index (χ1) is 7.25. The second-order valence-electron chi connectivity index (χ2n) is 4.12. The summed E-state index contributed by atoms with van der Waals surface area (Å²) in [6, 6.07) is 6.60. The van der Waals surface area contributed by atoms with E-state index in [-0.39, 0.29) is 0 Å². The summed E-state index contributed by atoms with van der Waals surface area (Å²) in [5.41, 5.74) is 2.18. The van der Waals surface area contributed by atoms with Gasteiger partial charge in [-0.2, -0.15) is 0 Å². The van der Waals surface area contributed by atoms with Gasteiger partial charge in [-0.3, -0.25) is 4.98 Å². The van der Waals surface area contributed by atoms with Gasteiger partial charge >= 0.3 is 0 Å². The lowest BCUT2D eigenvalue weighted by Gasteiger charge is -2.15. The largest absolute Gasteiger partial charge is 0.377 e. The van der Waals surface area contributed by atoms with E-state index in [1.165, 1.54) is 0 Å². The van der Waals surface area contributed by atoms with Crippen LogP contribution in [-0.2, 0) is 11.3 Å². The molecule has 2 unspecified atom stereocenters. The molecule has 0 aliphatic carbocycles. The summed E-state index contributed by atoms with van der Waals surface area (Å²) in [5.74, 6) is 0. The van der Waals surface area contributed by atoms with Crippen molar-refractivity contribution in [2.24, 2.45) is 0 Å². The van der Waals surface area contributed by atoms with Gasteiger partial charge in [0.25, 0.3) is 0 Å². The molecule has 0 bridgehead atoms. The van der Waals surface area contributed by atoms with Gasteiger partial charge in [-0.25, -0.2) is 0 Å². The Bertz CT molecular complexity index is 327. The van der Waals surface area contributed by atoms with Crippen LogP contribution in [0.2, 0.25) is 0 Å². The van der Waals surface area contributed by atoms with E-state index in [1.807, 2.05) is 19.1 Å². The first-order valence-electron chi connectivity index (χ1n) is 5.53. The minimum absolute atomic E-state index is 0.329. The topological polar surface area (TPSA) is 34.1 Å². The van der Waals surface area contributed by atoms with Crippen LogP contribution < -0.4 is 5.32 Å². The van der Waals surface area contributed by atoms with Crippen molar-refractivity contribution < 1.29 is 4.74 Å². The van der Waals surface area contributed by atoms with Crippen LogP contribution >= 0.6 is 0 Å². The normalized spacial score (nSPS) is 25.7. The van der Waals surface area contributed by atoms with Crippen LogP contribution in [0.1, 0.15) is 24.7 Å². The zero-order chi connectivity index (χ0) is 10.7. The fraction of sp³-hybridized carbons (Fsp3) is 0.583. The van der Waals surface area contributed by atoms with Crippen molar-refractivity contribution >= 4 is 0 Å². The predicted octanol–water partition coefficient (Wildman–Crippen LogP) is 1.66. The van der Waals surface area contributed by atoms with E-state index in [9.17, 15) is 0 Å². The Morgan fingerprint density at radius 3 is 3.07 bits per heavy atom. The lowest BCUT2D eigenvalue weighted by atomic mass is 10.1. The lowest BCUT2D eigenvalue weighted by molar-refractivity contribution is 0.113. The molecule has 2 heterocycles. The van der Waals surface area contributed by atoms with E-state index in [0.29, 0.717) is 12.1 Å². The van der Waals surface area contributed by atoms with Crippen LogP contribution in [0.25, 0.3) is 0 Å². The maximum Gasteiger partial charge on any atom is 0.0700 e. The van der Waals surface area contributed by atoms with Gasteiger partial charge in [0.05, 0.1) is 11.8 Å². The maximum atomic E-state index is 5.49. The molecule has 2 atom stereocenters. The fourth-order valence-electron chi connectivity index (χ4n) is 1.93. The number of aromatic nitrogens is 1. The third-order valence-corrected chi connectivity index (χ3v) is 2.87. The van der Waals surface area contributed by atoms with Gasteiger partial charge in [0.15, 0.2) is 0 Å². The van der Waals surface area contributed by atoms with Crippen LogP contribution in [0.5, 0.6) is 0 Å². The molecule has 1 aromatic rings. The summed E-state index contributed by atoms with van der Waals surface area (Å²) in [6.45, 7) is 5.85. The zero-order valence-corrected chi connectivity index (χ0v) is 9.36. The monoisotopic (exact) mass is 206 g/mol. The number of pyridine rings is 1. The fourth-order valence-corrected chi connectivity index (χ4v) is 1.93. The summed E-state index contributed by atoms with van der Waals surface area (Å²) in [7, 11) is 0. The van der Waals surface area contributed by atoms with Crippen molar-refractivity contribution in [1.82, 2.24) is 10.3 Å². The van der Waals surface area contributed by atoms with Gasteiger partial charge in [-0.15, -0.1) is 0 Å². The highest BCUT2D eigenvalue weighted by Gasteiger charge is 2.23. The molecule has 2 rings (SSSR count). The first-order valence-corrected chi connectivity index (χ1v) is 5.53. The van der Waals surface area contributed by atoms with E-state index >= 15 is 0 Å². The summed E-state index contributed by atoms with van der Waals surface area (Å²) in [6.07, 6.45) is 1.43. The maximum absolute atomic E-state index is 5.49. The third kappa shape index (κ3) is 2.76. The van der Waals surface area contributed by atoms with E-state index in [2.05, 4.69) is 23.3 Å².